The lowest BCUT2D eigenvalue weighted by Gasteiger charge is -2.39. The van der Waals surface area contributed by atoms with E-state index in [9.17, 15) is 9.59 Å². The molecule has 2 bridgehead atoms. The van der Waals surface area contributed by atoms with Gasteiger partial charge in [0.15, 0.2) is 0 Å². The Bertz CT molecular complexity index is 1820. The number of rotatable bonds is 8. The Kier molecular flexibility index (Phi) is 9.79. The van der Waals surface area contributed by atoms with Gasteiger partial charge >= 0.3 is 12.1 Å². The number of anilines is 3. The Labute approximate surface area is 293 Å². The van der Waals surface area contributed by atoms with Crippen LogP contribution in [0.5, 0.6) is 11.5 Å². The smallest absolute Gasteiger partial charge is 0.324 e. The number of ether oxygens (including phenoxy) is 2. The number of aromatic nitrogens is 2. The average Bonchev–Trinajstić information content (AvgIpc) is 3.60. The third-order valence-corrected chi connectivity index (χ3v) is 9.78. The SMILES string of the molecule is COc1cc(OC)c(NC(=O)N2C3CCC2CC(Cc2cccc(NC(=O)Nc4cc(C(C)(C)C)nn4-c4ccc(C)cc4)c2)C3)cc1Cl. The van der Waals surface area contributed by atoms with Crippen molar-refractivity contribution < 1.29 is 19.1 Å². The Morgan fingerprint density at radius 3 is 2.24 bits per heavy atom. The van der Waals surface area contributed by atoms with E-state index in [0.717, 1.165) is 60.3 Å². The number of carbonyl (C=O) groups is 2. The average molecular weight is 685 g/mol. The van der Waals surface area contributed by atoms with Gasteiger partial charge in [0.1, 0.15) is 17.3 Å². The molecule has 2 aliphatic heterocycles. The molecule has 1 aromatic heterocycles. The first-order valence-electron chi connectivity index (χ1n) is 16.8. The fourth-order valence-electron chi connectivity index (χ4n) is 7.03. The lowest BCUT2D eigenvalue weighted by atomic mass is 9.86. The lowest BCUT2D eigenvalue weighted by Crippen LogP contribution is -2.48. The van der Waals surface area contributed by atoms with Crippen molar-refractivity contribution in [3.05, 3.63) is 88.6 Å². The van der Waals surface area contributed by atoms with Gasteiger partial charge < -0.3 is 25.0 Å². The van der Waals surface area contributed by atoms with Crippen LogP contribution in [0, 0.1) is 12.8 Å². The van der Waals surface area contributed by atoms with Gasteiger partial charge in [0.2, 0.25) is 0 Å². The normalized spacial score (nSPS) is 18.6. The number of methoxy groups -OCH3 is 2. The van der Waals surface area contributed by atoms with E-state index >= 15 is 0 Å². The van der Waals surface area contributed by atoms with Gasteiger partial charge in [-0.25, -0.2) is 14.3 Å². The number of halogens is 1. The summed E-state index contributed by atoms with van der Waals surface area (Å²) >= 11 is 6.34. The van der Waals surface area contributed by atoms with E-state index in [0.29, 0.717) is 33.9 Å². The third kappa shape index (κ3) is 7.64. The number of benzene rings is 3. The van der Waals surface area contributed by atoms with Gasteiger partial charge in [0.05, 0.1) is 36.3 Å². The molecule has 3 N–H and O–H groups in total. The molecule has 4 aromatic rings. The second-order valence-electron chi connectivity index (χ2n) is 14.1. The van der Waals surface area contributed by atoms with Gasteiger partial charge in [-0.3, -0.25) is 5.32 Å². The molecule has 4 amide bonds. The molecular formula is C38H45ClN6O4. The van der Waals surface area contributed by atoms with Crippen LogP contribution < -0.4 is 25.4 Å². The van der Waals surface area contributed by atoms with Crippen LogP contribution in [-0.2, 0) is 11.8 Å². The zero-order chi connectivity index (χ0) is 34.9. The first kappa shape index (κ1) is 34.2. The summed E-state index contributed by atoms with van der Waals surface area (Å²) in [7, 11) is 3.09. The van der Waals surface area contributed by atoms with E-state index in [1.54, 1.807) is 23.9 Å². The second-order valence-corrected chi connectivity index (χ2v) is 14.5. The van der Waals surface area contributed by atoms with Crippen LogP contribution in [0.25, 0.3) is 5.69 Å². The minimum Gasteiger partial charge on any atom is -0.495 e. The lowest BCUT2D eigenvalue weighted by molar-refractivity contribution is 0.131. The van der Waals surface area contributed by atoms with Crippen molar-refractivity contribution in [1.29, 1.82) is 0 Å². The van der Waals surface area contributed by atoms with E-state index in [4.69, 9.17) is 26.2 Å². The molecule has 3 aromatic carbocycles. The molecule has 2 atom stereocenters. The van der Waals surface area contributed by atoms with Gasteiger partial charge in [0, 0.05) is 35.3 Å². The zero-order valence-corrected chi connectivity index (χ0v) is 29.7. The van der Waals surface area contributed by atoms with Gasteiger partial charge in [0.25, 0.3) is 0 Å². The number of hydrogen-bond acceptors (Lipinski definition) is 5. The molecule has 2 fully saturated rings. The highest BCUT2D eigenvalue weighted by Crippen LogP contribution is 2.42. The summed E-state index contributed by atoms with van der Waals surface area (Å²) in [5.74, 6) is 2.00. The molecule has 0 saturated carbocycles. The van der Waals surface area contributed by atoms with Gasteiger partial charge in [-0.1, -0.05) is 62.2 Å². The van der Waals surface area contributed by atoms with Crippen LogP contribution >= 0.6 is 11.6 Å². The van der Waals surface area contributed by atoms with Gasteiger partial charge in [-0.05, 0) is 80.8 Å². The maximum atomic E-state index is 13.5. The van der Waals surface area contributed by atoms with E-state index in [-0.39, 0.29) is 29.6 Å². The van der Waals surface area contributed by atoms with Gasteiger partial charge in [-0.15, -0.1) is 0 Å². The fourth-order valence-corrected chi connectivity index (χ4v) is 7.27. The molecule has 11 heteroatoms. The van der Waals surface area contributed by atoms with Crippen LogP contribution in [0.1, 0.15) is 63.3 Å². The summed E-state index contributed by atoms with van der Waals surface area (Å²) in [5.41, 5.74) is 5.11. The number of hydrogen-bond donors (Lipinski definition) is 3. The monoisotopic (exact) mass is 684 g/mol. The quantitative estimate of drug-likeness (QED) is 0.172. The molecule has 10 nitrogen and oxygen atoms in total. The number of urea groups is 2. The number of nitrogens with zero attached hydrogens (tertiary/aromatic N) is 3. The number of piperidine rings is 1. The van der Waals surface area contributed by atoms with Crippen LogP contribution in [0.15, 0.2) is 66.7 Å². The van der Waals surface area contributed by atoms with Crippen LogP contribution in [0.4, 0.5) is 26.8 Å². The highest BCUT2D eigenvalue weighted by molar-refractivity contribution is 6.32. The summed E-state index contributed by atoms with van der Waals surface area (Å²) < 4.78 is 12.5. The number of carbonyl (C=O) groups excluding carboxylic acids is 2. The minimum absolute atomic E-state index is 0.138. The summed E-state index contributed by atoms with van der Waals surface area (Å²) in [6, 6.07) is 21.2. The van der Waals surface area contributed by atoms with Gasteiger partial charge in [-0.2, -0.15) is 5.10 Å². The van der Waals surface area contributed by atoms with Crippen molar-refractivity contribution in [3.63, 3.8) is 0 Å². The topological polar surface area (TPSA) is 110 Å². The Balaban J connectivity index is 1.09. The van der Waals surface area contributed by atoms with Crippen molar-refractivity contribution >= 4 is 40.9 Å². The predicted molar refractivity (Wildman–Crippen MR) is 195 cm³/mol. The van der Waals surface area contributed by atoms with Crippen LogP contribution in [0.2, 0.25) is 5.02 Å². The summed E-state index contributed by atoms with van der Waals surface area (Å²) in [6.45, 7) is 8.35. The van der Waals surface area contributed by atoms with Crippen molar-refractivity contribution in [2.75, 3.05) is 30.2 Å². The van der Waals surface area contributed by atoms with E-state index in [1.807, 2.05) is 60.4 Å². The maximum absolute atomic E-state index is 13.5. The molecule has 2 aliphatic rings. The first-order valence-corrected chi connectivity index (χ1v) is 17.1. The van der Waals surface area contributed by atoms with E-state index in [1.165, 1.54) is 7.11 Å². The van der Waals surface area contributed by atoms with Crippen molar-refractivity contribution in [1.82, 2.24) is 14.7 Å². The van der Waals surface area contributed by atoms with Crippen molar-refractivity contribution in [2.24, 2.45) is 5.92 Å². The molecule has 258 valence electrons. The highest BCUT2D eigenvalue weighted by atomic mass is 35.5. The second kappa shape index (κ2) is 14.0. The molecule has 2 unspecified atom stereocenters. The van der Waals surface area contributed by atoms with Crippen LogP contribution in [-0.4, -0.2) is 53.0 Å². The maximum Gasteiger partial charge on any atom is 0.324 e. The summed E-state index contributed by atoms with van der Waals surface area (Å²) in [5, 5.41) is 14.3. The minimum atomic E-state index is -0.335. The molecule has 3 heterocycles. The van der Waals surface area contributed by atoms with E-state index in [2.05, 4.69) is 42.8 Å². The number of nitrogens with one attached hydrogen (secondary N) is 3. The molecule has 2 saturated heterocycles. The van der Waals surface area contributed by atoms with Crippen molar-refractivity contribution in [3.8, 4) is 17.2 Å². The Hall–Kier alpha value is -4.70. The highest BCUT2D eigenvalue weighted by Gasteiger charge is 2.43. The van der Waals surface area contributed by atoms with Crippen LogP contribution in [0.3, 0.4) is 0 Å². The Morgan fingerprint density at radius 1 is 0.898 bits per heavy atom. The molecule has 49 heavy (non-hydrogen) atoms. The molecule has 0 spiro atoms. The predicted octanol–water partition coefficient (Wildman–Crippen LogP) is 8.81. The zero-order valence-electron chi connectivity index (χ0n) is 29.0. The molecular weight excluding hydrogens is 640 g/mol. The number of amides is 4. The Morgan fingerprint density at radius 2 is 1.59 bits per heavy atom. The molecule has 0 radical (unpaired) electrons. The standard InChI is InChI=1S/C38H45ClN6O4/c1-23-10-12-27(13-11-23)45-35(22-34(43-45)38(2,3)4)42-36(46)40-26-9-7-8-24(17-26)16-25-18-28-14-15-29(19-25)44(28)37(47)41-31-20-30(39)32(48-5)21-33(31)49-6/h7-13,17,20-22,25,28-29H,14-16,18-19H2,1-6H3,(H,41,47)(H2,40,42,46). The molecule has 6 rings (SSSR count). The molecule has 0 aliphatic carbocycles. The summed E-state index contributed by atoms with van der Waals surface area (Å²) in [6.07, 6.45) is 4.67. The number of aryl methyl sites for hydroxylation is 1. The van der Waals surface area contributed by atoms with Crippen molar-refractivity contribution in [2.45, 2.75) is 77.3 Å². The largest absolute Gasteiger partial charge is 0.495 e. The van der Waals surface area contributed by atoms with E-state index < -0.39 is 0 Å². The number of fused-ring (bicyclic) bond motifs is 2. The third-order valence-electron chi connectivity index (χ3n) is 9.49. The summed E-state index contributed by atoms with van der Waals surface area (Å²) in [4.78, 5) is 28.8. The fraction of sp³-hybridized carbons (Fsp3) is 0.395. The first-order chi connectivity index (χ1) is 23.4.